The number of carbonyl (C=O) groups is 1. The predicted molar refractivity (Wildman–Crippen MR) is 122 cm³/mol. The second-order valence-corrected chi connectivity index (χ2v) is 8.07. The van der Waals surface area contributed by atoms with Gasteiger partial charge in [-0.05, 0) is 62.7 Å². The Kier molecular flexibility index (Phi) is 7.81. The second kappa shape index (κ2) is 10.5. The van der Waals surface area contributed by atoms with Crippen molar-refractivity contribution in [2.24, 2.45) is 0 Å². The molecule has 4 heteroatoms. The highest BCUT2D eigenvalue weighted by molar-refractivity contribution is 6.15. The SMILES string of the molecule is CCCCN(CCCC)C(C)C=C1C(=O)N(c2ccc(F)cc2)C1c1ccccc1. The van der Waals surface area contributed by atoms with Gasteiger partial charge in [0.2, 0.25) is 0 Å². The van der Waals surface area contributed by atoms with Crippen molar-refractivity contribution in [2.45, 2.75) is 58.5 Å². The smallest absolute Gasteiger partial charge is 0.257 e. The van der Waals surface area contributed by atoms with Gasteiger partial charge in [-0.25, -0.2) is 4.39 Å². The van der Waals surface area contributed by atoms with Crippen molar-refractivity contribution in [2.75, 3.05) is 18.0 Å². The molecule has 0 spiro atoms. The molecule has 0 radical (unpaired) electrons. The number of halogens is 1. The van der Waals surface area contributed by atoms with Crippen LogP contribution in [-0.4, -0.2) is 29.9 Å². The van der Waals surface area contributed by atoms with Crippen molar-refractivity contribution in [3.63, 3.8) is 0 Å². The normalized spacial score (nSPS) is 18.7. The fraction of sp³-hybridized carbons (Fsp3) is 0.423. The molecular weight excluding hydrogens is 375 g/mol. The van der Waals surface area contributed by atoms with Crippen LogP contribution in [-0.2, 0) is 4.79 Å². The van der Waals surface area contributed by atoms with Crippen LogP contribution in [0.2, 0.25) is 0 Å². The van der Waals surface area contributed by atoms with Crippen LogP contribution in [0.15, 0.2) is 66.2 Å². The lowest BCUT2D eigenvalue weighted by molar-refractivity contribution is -0.119. The molecule has 0 bridgehead atoms. The summed E-state index contributed by atoms with van der Waals surface area (Å²) in [5.74, 6) is -0.289. The fourth-order valence-electron chi connectivity index (χ4n) is 4.05. The van der Waals surface area contributed by atoms with Gasteiger partial charge < -0.3 is 0 Å². The number of anilines is 1. The lowest BCUT2D eigenvalue weighted by Gasteiger charge is -2.44. The summed E-state index contributed by atoms with van der Waals surface area (Å²) in [7, 11) is 0. The number of hydrogen-bond acceptors (Lipinski definition) is 2. The molecule has 0 aromatic heterocycles. The van der Waals surface area contributed by atoms with Crippen LogP contribution in [0.3, 0.4) is 0 Å². The topological polar surface area (TPSA) is 23.6 Å². The zero-order chi connectivity index (χ0) is 21.5. The van der Waals surface area contributed by atoms with Gasteiger partial charge >= 0.3 is 0 Å². The molecule has 0 saturated carbocycles. The van der Waals surface area contributed by atoms with Crippen molar-refractivity contribution in [1.29, 1.82) is 0 Å². The van der Waals surface area contributed by atoms with Gasteiger partial charge in [-0.1, -0.05) is 63.1 Å². The highest BCUT2D eigenvalue weighted by atomic mass is 19.1. The van der Waals surface area contributed by atoms with Crippen LogP contribution in [0.4, 0.5) is 10.1 Å². The number of nitrogens with zero attached hydrogens (tertiary/aromatic N) is 2. The highest BCUT2D eigenvalue weighted by Crippen LogP contribution is 2.43. The first-order chi connectivity index (χ1) is 14.6. The maximum atomic E-state index is 13.4. The van der Waals surface area contributed by atoms with E-state index in [0.29, 0.717) is 0 Å². The molecule has 1 aliphatic rings. The summed E-state index contributed by atoms with van der Waals surface area (Å²) < 4.78 is 13.4. The van der Waals surface area contributed by atoms with Gasteiger partial charge in [0.1, 0.15) is 5.82 Å². The van der Waals surface area contributed by atoms with Gasteiger partial charge in [0.05, 0.1) is 6.04 Å². The minimum absolute atomic E-state index is 0.00763. The quantitative estimate of drug-likeness (QED) is 0.349. The summed E-state index contributed by atoms with van der Waals surface area (Å²) in [6.07, 6.45) is 6.79. The Morgan fingerprint density at radius 2 is 1.60 bits per heavy atom. The van der Waals surface area contributed by atoms with E-state index in [2.05, 4.69) is 43.9 Å². The Morgan fingerprint density at radius 1 is 1.00 bits per heavy atom. The second-order valence-electron chi connectivity index (χ2n) is 8.07. The Morgan fingerprint density at radius 3 is 2.17 bits per heavy atom. The molecule has 160 valence electrons. The maximum absolute atomic E-state index is 13.4. The molecule has 0 N–H and O–H groups in total. The van der Waals surface area contributed by atoms with Gasteiger partial charge in [0.25, 0.3) is 5.91 Å². The zero-order valence-corrected chi connectivity index (χ0v) is 18.4. The average molecular weight is 409 g/mol. The van der Waals surface area contributed by atoms with E-state index in [1.807, 2.05) is 18.2 Å². The van der Waals surface area contributed by atoms with E-state index < -0.39 is 0 Å². The Bertz CT molecular complexity index is 839. The van der Waals surface area contributed by atoms with Crippen molar-refractivity contribution in [3.05, 3.63) is 77.6 Å². The Hall–Kier alpha value is -2.46. The molecule has 0 aliphatic carbocycles. The summed E-state index contributed by atoms with van der Waals surface area (Å²) >= 11 is 0. The first-order valence-corrected chi connectivity index (χ1v) is 11.2. The van der Waals surface area contributed by atoms with Crippen molar-refractivity contribution < 1.29 is 9.18 Å². The number of rotatable bonds is 10. The molecule has 1 aliphatic heterocycles. The van der Waals surface area contributed by atoms with E-state index in [9.17, 15) is 9.18 Å². The standard InChI is InChI=1S/C26H33FN2O/c1-4-6-17-28(18-7-5-2)20(3)19-24-25(21-11-9-8-10-12-21)29(26(24)30)23-15-13-22(27)14-16-23/h8-16,19-20,25H,4-7,17-18H2,1-3H3. The summed E-state index contributed by atoms with van der Waals surface area (Å²) in [6, 6.07) is 16.3. The largest absolute Gasteiger partial charge is 0.297 e. The minimum atomic E-state index is -0.296. The van der Waals surface area contributed by atoms with Crippen molar-refractivity contribution in [1.82, 2.24) is 4.90 Å². The number of hydrogen-bond donors (Lipinski definition) is 0. The number of amides is 1. The molecule has 2 unspecified atom stereocenters. The van der Waals surface area contributed by atoms with E-state index in [4.69, 9.17) is 0 Å². The van der Waals surface area contributed by atoms with Gasteiger partial charge in [0, 0.05) is 17.3 Å². The number of β-lactam (4-membered cyclic amide) rings is 1. The van der Waals surface area contributed by atoms with E-state index in [1.54, 1.807) is 17.0 Å². The lowest BCUT2D eigenvalue weighted by atomic mass is 9.86. The van der Waals surface area contributed by atoms with Gasteiger partial charge in [-0.15, -0.1) is 0 Å². The van der Waals surface area contributed by atoms with Crippen LogP contribution in [0, 0.1) is 5.82 Å². The zero-order valence-electron chi connectivity index (χ0n) is 18.4. The summed E-state index contributed by atoms with van der Waals surface area (Å²) in [5.41, 5.74) is 2.64. The number of carbonyl (C=O) groups excluding carboxylic acids is 1. The van der Waals surface area contributed by atoms with Gasteiger partial charge in [0.15, 0.2) is 0 Å². The Labute approximate surface area is 180 Å². The third-order valence-electron chi connectivity index (χ3n) is 5.83. The van der Waals surface area contributed by atoms with Gasteiger partial charge in [-0.2, -0.15) is 0 Å². The highest BCUT2D eigenvalue weighted by Gasteiger charge is 2.44. The predicted octanol–water partition coefficient (Wildman–Crippen LogP) is 6.13. The van der Waals surface area contributed by atoms with E-state index in [1.165, 1.54) is 12.1 Å². The molecule has 1 amide bonds. The summed E-state index contributed by atoms with van der Waals surface area (Å²) in [5, 5.41) is 0. The van der Waals surface area contributed by atoms with Crippen LogP contribution in [0.25, 0.3) is 0 Å². The first kappa shape index (κ1) is 22.2. The molecular formula is C26H33FN2O. The third-order valence-corrected chi connectivity index (χ3v) is 5.83. The minimum Gasteiger partial charge on any atom is -0.297 e. The Balaban J connectivity index is 1.89. The molecule has 2 aromatic rings. The molecule has 30 heavy (non-hydrogen) atoms. The molecule has 3 rings (SSSR count). The van der Waals surface area contributed by atoms with Crippen LogP contribution in [0.1, 0.15) is 58.1 Å². The lowest BCUT2D eigenvalue weighted by Crippen LogP contribution is -2.50. The monoisotopic (exact) mass is 408 g/mol. The molecule has 3 nitrogen and oxygen atoms in total. The van der Waals surface area contributed by atoms with Crippen molar-refractivity contribution in [3.8, 4) is 0 Å². The molecule has 1 heterocycles. The third kappa shape index (κ3) is 4.99. The summed E-state index contributed by atoms with van der Waals surface area (Å²) in [4.78, 5) is 17.4. The first-order valence-electron chi connectivity index (χ1n) is 11.2. The van der Waals surface area contributed by atoms with Crippen LogP contribution < -0.4 is 4.90 Å². The van der Waals surface area contributed by atoms with E-state index in [0.717, 1.165) is 55.6 Å². The molecule has 2 aromatic carbocycles. The van der Waals surface area contributed by atoms with E-state index >= 15 is 0 Å². The number of unbranched alkanes of at least 4 members (excludes halogenated alkanes) is 2. The molecule has 2 atom stereocenters. The molecule has 1 saturated heterocycles. The maximum Gasteiger partial charge on any atom is 0.257 e. The number of benzene rings is 2. The van der Waals surface area contributed by atoms with E-state index in [-0.39, 0.29) is 23.8 Å². The van der Waals surface area contributed by atoms with Crippen LogP contribution >= 0.6 is 0 Å². The van der Waals surface area contributed by atoms with Crippen molar-refractivity contribution >= 4 is 11.6 Å². The van der Waals surface area contributed by atoms with Crippen LogP contribution in [0.5, 0.6) is 0 Å². The average Bonchev–Trinajstić information content (AvgIpc) is 2.77. The van der Waals surface area contributed by atoms with Gasteiger partial charge in [-0.3, -0.25) is 14.6 Å². The summed E-state index contributed by atoms with van der Waals surface area (Å²) in [6.45, 7) is 8.71. The fourth-order valence-corrected chi connectivity index (χ4v) is 4.05. The molecule has 1 fully saturated rings.